The molecule has 0 amide bonds. The zero-order valence-corrected chi connectivity index (χ0v) is 14.4. The maximum atomic E-state index is 4.50. The van der Waals surface area contributed by atoms with Gasteiger partial charge in [-0.15, -0.1) is 0 Å². The van der Waals surface area contributed by atoms with Gasteiger partial charge < -0.3 is 10.6 Å². The maximum absolute atomic E-state index is 4.50. The number of rotatable bonds is 6. The van der Waals surface area contributed by atoms with Crippen LogP contribution in [0, 0.1) is 0 Å². The monoisotopic (exact) mass is 385 g/mol. The molecule has 0 saturated heterocycles. The minimum absolute atomic E-state index is 0.535. The van der Waals surface area contributed by atoms with Gasteiger partial charge in [-0.3, -0.25) is 10.1 Å². The normalized spacial score (nSPS) is 13.7. The summed E-state index contributed by atoms with van der Waals surface area (Å²) >= 11 is 3.47. The van der Waals surface area contributed by atoms with Crippen LogP contribution >= 0.6 is 15.9 Å². The zero-order valence-electron chi connectivity index (χ0n) is 12.8. The third-order valence-corrected chi connectivity index (χ3v) is 4.32. The van der Waals surface area contributed by atoms with Crippen LogP contribution in [0.15, 0.2) is 41.1 Å². The summed E-state index contributed by atoms with van der Waals surface area (Å²) < 4.78 is 0.786. The Morgan fingerprint density at radius 3 is 2.96 bits per heavy atom. The van der Waals surface area contributed by atoms with Crippen molar-refractivity contribution in [2.45, 2.75) is 25.3 Å². The lowest BCUT2D eigenvalue weighted by Gasteiger charge is -2.08. The molecule has 0 atom stereocenters. The topological polar surface area (TPSA) is 91.4 Å². The van der Waals surface area contributed by atoms with Crippen LogP contribution in [0.2, 0.25) is 0 Å². The number of nitrogens with one attached hydrogen (secondary N) is 3. The molecule has 1 saturated carbocycles. The standard InChI is InChI=1S/C16H16BrN7/c17-12-9-20-16(19-8-11-3-1-2-6-18-11)22-15(12)21-14-7-13(23-24-14)10-4-5-10/h1-3,6-7,9-10H,4-5,8H2,(H3,19,20,21,22,23,24). The summed E-state index contributed by atoms with van der Waals surface area (Å²) in [6.45, 7) is 0.567. The summed E-state index contributed by atoms with van der Waals surface area (Å²) in [6, 6.07) is 7.83. The predicted octanol–water partition coefficient (Wildman–Crippen LogP) is 3.59. The molecule has 4 rings (SSSR count). The van der Waals surface area contributed by atoms with E-state index >= 15 is 0 Å². The Labute approximate surface area is 147 Å². The zero-order chi connectivity index (χ0) is 16.4. The number of hydrogen-bond acceptors (Lipinski definition) is 6. The number of aromatic amines is 1. The van der Waals surface area contributed by atoms with Crippen LogP contribution < -0.4 is 10.6 Å². The highest BCUT2D eigenvalue weighted by Crippen LogP contribution is 2.39. The number of nitrogens with zero attached hydrogens (tertiary/aromatic N) is 4. The highest BCUT2D eigenvalue weighted by atomic mass is 79.9. The second-order valence-electron chi connectivity index (χ2n) is 5.67. The van der Waals surface area contributed by atoms with Crippen molar-refractivity contribution in [2.24, 2.45) is 0 Å². The van der Waals surface area contributed by atoms with E-state index in [2.05, 4.69) is 51.7 Å². The predicted molar refractivity (Wildman–Crippen MR) is 95.1 cm³/mol. The molecule has 7 nitrogen and oxygen atoms in total. The Morgan fingerprint density at radius 1 is 1.25 bits per heavy atom. The molecule has 1 aliphatic carbocycles. The first-order valence-electron chi connectivity index (χ1n) is 7.76. The number of anilines is 3. The third-order valence-electron chi connectivity index (χ3n) is 3.74. The smallest absolute Gasteiger partial charge is 0.225 e. The molecule has 1 aliphatic rings. The molecule has 3 aromatic rings. The summed E-state index contributed by atoms with van der Waals surface area (Å²) in [6.07, 6.45) is 5.93. The molecule has 3 heterocycles. The molecular weight excluding hydrogens is 370 g/mol. The van der Waals surface area contributed by atoms with Gasteiger partial charge in [-0.2, -0.15) is 10.1 Å². The molecular formula is C16H16BrN7. The van der Waals surface area contributed by atoms with Gasteiger partial charge in [0.1, 0.15) is 5.82 Å². The van der Waals surface area contributed by atoms with E-state index in [0.717, 1.165) is 21.7 Å². The molecule has 24 heavy (non-hydrogen) atoms. The van der Waals surface area contributed by atoms with E-state index in [4.69, 9.17) is 0 Å². The highest BCUT2D eigenvalue weighted by molar-refractivity contribution is 9.10. The van der Waals surface area contributed by atoms with Crippen LogP contribution in [0.5, 0.6) is 0 Å². The van der Waals surface area contributed by atoms with E-state index in [1.807, 2.05) is 24.3 Å². The van der Waals surface area contributed by atoms with Gasteiger partial charge in [-0.1, -0.05) is 6.07 Å². The molecule has 3 N–H and O–H groups in total. The molecule has 3 aromatic heterocycles. The van der Waals surface area contributed by atoms with Crippen molar-refractivity contribution in [3.63, 3.8) is 0 Å². The van der Waals surface area contributed by atoms with Gasteiger partial charge in [0.25, 0.3) is 0 Å². The number of halogens is 1. The molecule has 0 aromatic carbocycles. The molecule has 0 unspecified atom stereocenters. The molecule has 0 spiro atoms. The average molecular weight is 386 g/mol. The van der Waals surface area contributed by atoms with Gasteiger partial charge in [0.15, 0.2) is 5.82 Å². The van der Waals surface area contributed by atoms with Crippen molar-refractivity contribution in [1.82, 2.24) is 25.1 Å². The van der Waals surface area contributed by atoms with Gasteiger partial charge in [-0.25, -0.2) is 4.98 Å². The van der Waals surface area contributed by atoms with E-state index in [-0.39, 0.29) is 0 Å². The first-order chi connectivity index (χ1) is 11.8. The van der Waals surface area contributed by atoms with Gasteiger partial charge in [0, 0.05) is 24.4 Å². The van der Waals surface area contributed by atoms with Gasteiger partial charge in [-0.05, 0) is 40.9 Å². The lowest BCUT2D eigenvalue weighted by molar-refractivity contribution is 0.965. The van der Waals surface area contributed by atoms with E-state index in [9.17, 15) is 0 Å². The maximum Gasteiger partial charge on any atom is 0.225 e. The van der Waals surface area contributed by atoms with Crippen LogP contribution in [0.25, 0.3) is 0 Å². The van der Waals surface area contributed by atoms with E-state index in [1.54, 1.807) is 12.4 Å². The summed E-state index contributed by atoms with van der Waals surface area (Å²) in [7, 11) is 0. The fourth-order valence-corrected chi connectivity index (χ4v) is 2.62. The van der Waals surface area contributed by atoms with Crippen molar-refractivity contribution >= 4 is 33.5 Å². The lowest BCUT2D eigenvalue weighted by Crippen LogP contribution is -2.06. The SMILES string of the molecule is Brc1cnc(NCc2ccccn2)nc1Nc1cc(C2CC2)n[nH]1. The van der Waals surface area contributed by atoms with Gasteiger partial charge in [0.2, 0.25) is 5.95 Å². The number of pyridine rings is 1. The van der Waals surface area contributed by atoms with Crippen molar-refractivity contribution in [3.05, 3.63) is 52.5 Å². The molecule has 1 fully saturated rings. The van der Waals surface area contributed by atoms with E-state index < -0.39 is 0 Å². The summed E-state index contributed by atoms with van der Waals surface area (Å²) in [5.74, 6) is 2.65. The van der Waals surface area contributed by atoms with Gasteiger partial charge >= 0.3 is 0 Å². The minimum Gasteiger partial charge on any atom is -0.349 e. The Bertz CT molecular complexity index is 829. The fourth-order valence-electron chi connectivity index (χ4n) is 2.33. The second-order valence-corrected chi connectivity index (χ2v) is 6.52. The lowest BCUT2D eigenvalue weighted by atomic mass is 10.3. The Morgan fingerprint density at radius 2 is 2.17 bits per heavy atom. The molecule has 122 valence electrons. The highest BCUT2D eigenvalue weighted by Gasteiger charge is 2.26. The van der Waals surface area contributed by atoms with Crippen LogP contribution in [0.4, 0.5) is 17.6 Å². The van der Waals surface area contributed by atoms with Crippen LogP contribution in [0.1, 0.15) is 30.1 Å². The summed E-state index contributed by atoms with van der Waals surface area (Å²) in [5, 5.41) is 13.8. The quantitative estimate of drug-likeness (QED) is 0.600. The average Bonchev–Trinajstić information content (AvgIpc) is 3.36. The van der Waals surface area contributed by atoms with Crippen LogP contribution in [-0.2, 0) is 6.54 Å². The Balaban J connectivity index is 1.46. The van der Waals surface area contributed by atoms with Crippen molar-refractivity contribution < 1.29 is 0 Å². The molecule has 8 heteroatoms. The first-order valence-corrected chi connectivity index (χ1v) is 8.56. The van der Waals surface area contributed by atoms with E-state index in [1.165, 1.54) is 12.8 Å². The number of aromatic nitrogens is 5. The van der Waals surface area contributed by atoms with Gasteiger partial charge in [0.05, 0.1) is 22.4 Å². The molecule has 0 radical (unpaired) electrons. The summed E-state index contributed by atoms with van der Waals surface area (Å²) in [5.41, 5.74) is 2.04. The number of hydrogen-bond donors (Lipinski definition) is 3. The Hall–Kier alpha value is -2.48. The van der Waals surface area contributed by atoms with Crippen molar-refractivity contribution in [2.75, 3.05) is 10.6 Å². The van der Waals surface area contributed by atoms with Crippen LogP contribution in [0.3, 0.4) is 0 Å². The Kier molecular flexibility index (Phi) is 4.12. The second kappa shape index (κ2) is 6.56. The number of H-pyrrole nitrogens is 1. The fraction of sp³-hybridized carbons (Fsp3) is 0.250. The molecule has 0 aliphatic heterocycles. The molecule has 0 bridgehead atoms. The minimum atomic E-state index is 0.535. The first kappa shape index (κ1) is 15.1. The van der Waals surface area contributed by atoms with Crippen molar-refractivity contribution in [1.29, 1.82) is 0 Å². The van der Waals surface area contributed by atoms with Crippen LogP contribution in [-0.4, -0.2) is 25.1 Å². The summed E-state index contributed by atoms with van der Waals surface area (Å²) in [4.78, 5) is 13.0. The third kappa shape index (κ3) is 3.53. The van der Waals surface area contributed by atoms with Crippen molar-refractivity contribution in [3.8, 4) is 0 Å². The largest absolute Gasteiger partial charge is 0.349 e. The van der Waals surface area contributed by atoms with E-state index in [0.29, 0.717) is 24.2 Å².